The second-order valence-corrected chi connectivity index (χ2v) is 2.73. The first-order valence-corrected chi connectivity index (χ1v) is 3.58. The normalized spacial score (nSPS) is 9.55. The van der Waals surface area contributed by atoms with Crippen LogP contribution in [0.1, 0.15) is 10.4 Å². The summed E-state index contributed by atoms with van der Waals surface area (Å²) < 4.78 is 0.317. The molecule has 0 saturated heterocycles. The second kappa shape index (κ2) is 2.87. The lowest BCUT2D eigenvalue weighted by Gasteiger charge is -1.96. The molecule has 1 rings (SSSR count). The predicted octanol–water partition coefficient (Wildman–Crippen LogP) is 0.532. The van der Waals surface area contributed by atoms with Crippen molar-refractivity contribution in [2.45, 2.75) is 0 Å². The van der Waals surface area contributed by atoms with Crippen molar-refractivity contribution >= 4 is 28.0 Å². The van der Waals surface area contributed by atoms with Gasteiger partial charge in [0.15, 0.2) is 11.7 Å². The van der Waals surface area contributed by atoms with Gasteiger partial charge in [0, 0.05) is 6.07 Å². The highest BCUT2D eigenvalue weighted by Crippen LogP contribution is 2.08. The molecule has 0 saturated carbocycles. The van der Waals surface area contributed by atoms with E-state index in [2.05, 4.69) is 20.9 Å². The zero-order valence-electron chi connectivity index (χ0n) is 5.43. The van der Waals surface area contributed by atoms with Crippen molar-refractivity contribution in [3.8, 4) is 0 Å². The van der Waals surface area contributed by atoms with Crippen LogP contribution >= 0.6 is 15.9 Å². The van der Waals surface area contributed by atoms with E-state index in [4.69, 9.17) is 5.73 Å². The number of nitrogen functional groups attached to an aromatic ring is 1. The minimum absolute atomic E-state index is 0.0548. The highest BCUT2D eigenvalue weighted by Gasteiger charge is 2.03. The average Bonchev–Trinajstić information content (AvgIpc) is 1.85. The summed E-state index contributed by atoms with van der Waals surface area (Å²) in [7, 11) is 0. The van der Waals surface area contributed by atoms with Gasteiger partial charge >= 0.3 is 0 Å². The maximum absolute atomic E-state index is 10.9. The van der Waals surface area contributed by atoms with Crippen molar-refractivity contribution in [1.82, 2.24) is 4.98 Å². The molecule has 0 aliphatic heterocycles. The highest BCUT2D eigenvalue weighted by molar-refractivity contribution is 9.10. The Morgan fingerprint density at radius 2 is 2.27 bits per heavy atom. The third kappa shape index (κ3) is 1.48. The standard InChI is InChI=1S/C6H5BrN2O2/c7-6-3(2-10)4(11)1-5(8)9-6/h1-2H,(H3,8,9,11). The quantitative estimate of drug-likeness (QED) is 0.532. The molecular formula is C6H5BrN2O2. The number of anilines is 1. The summed E-state index contributed by atoms with van der Waals surface area (Å²) in [5.41, 5.74) is 4.95. The van der Waals surface area contributed by atoms with Crippen LogP contribution in [0.4, 0.5) is 5.82 Å². The molecule has 0 amide bonds. The summed E-state index contributed by atoms with van der Waals surface area (Å²) in [5, 5.41) is 0. The smallest absolute Gasteiger partial charge is 0.195 e. The third-order valence-corrected chi connectivity index (χ3v) is 1.79. The van der Waals surface area contributed by atoms with E-state index in [9.17, 15) is 9.59 Å². The van der Waals surface area contributed by atoms with Crippen LogP contribution in [0.5, 0.6) is 0 Å². The molecule has 1 aromatic heterocycles. The fourth-order valence-electron chi connectivity index (χ4n) is 0.667. The van der Waals surface area contributed by atoms with Crippen LogP contribution in [0.25, 0.3) is 0 Å². The van der Waals surface area contributed by atoms with Crippen molar-refractivity contribution < 1.29 is 4.79 Å². The Hall–Kier alpha value is -1.10. The van der Waals surface area contributed by atoms with Crippen LogP contribution in [0, 0.1) is 0 Å². The van der Waals surface area contributed by atoms with Gasteiger partial charge in [0.1, 0.15) is 5.82 Å². The van der Waals surface area contributed by atoms with Gasteiger partial charge in [-0.1, -0.05) is 0 Å². The number of nitrogens with one attached hydrogen (secondary N) is 1. The van der Waals surface area contributed by atoms with Crippen LogP contribution in [-0.2, 0) is 0 Å². The van der Waals surface area contributed by atoms with Crippen molar-refractivity contribution in [3.63, 3.8) is 0 Å². The molecular weight excluding hydrogens is 212 g/mol. The molecule has 4 nitrogen and oxygen atoms in total. The molecule has 5 heteroatoms. The number of carbonyl (C=O) groups is 1. The second-order valence-electron chi connectivity index (χ2n) is 1.93. The van der Waals surface area contributed by atoms with Crippen molar-refractivity contribution in [1.29, 1.82) is 0 Å². The minimum Gasteiger partial charge on any atom is -0.385 e. The fraction of sp³-hybridized carbons (Fsp3) is 0. The van der Waals surface area contributed by atoms with Gasteiger partial charge in [-0.05, 0) is 15.9 Å². The summed E-state index contributed by atoms with van der Waals surface area (Å²) in [6.45, 7) is 0. The lowest BCUT2D eigenvalue weighted by Crippen LogP contribution is -2.10. The molecule has 0 aliphatic carbocycles. The number of aromatic nitrogens is 1. The van der Waals surface area contributed by atoms with E-state index in [-0.39, 0.29) is 16.8 Å². The molecule has 0 unspecified atom stereocenters. The zero-order chi connectivity index (χ0) is 8.43. The largest absolute Gasteiger partial charge is 0.385 e. The number of aldehydes is 1. The third-order valence-electron chi connectivity index (χ3n) is 1.16. The average molecular weight is 217 g/mol. The number of hydrogen-bond acceptors (Lipinski definition) is 3. The number of rotatable bonds is 1. The van der Waals surface area contributed by atoms with E-state index in [0.717, 1.165) is 6.07 Å². The van der Waals surface area contributed by atoms with E-state index in [1.807, 2.05) is 0 Å². The van der Waals surface area contributed by atoms with Crippen LogP contribution in [0.15, 0.2) is 15.5 Å². The maximum Gasteiger partial charge on any atom is 0.195 e. The number of halogens is 1. The van der Waals surface area contributed by atoms with Gasteiger partial charge in [0.05, 0.1) is 10.2 Å². The first kappa shape index (κ1) is 8.00. The van der Waals surface area contributed by atoms with Gasteiger partial charge < -0.3 is 10.7 Å². The minimum atomic E-state index is -0.386. The van der Waals surface area contributed by atoms with E-state index < -0.39 is 0 Å². The van der Waals surface area contributed by atoms with Crippen molar-refractivity contribution in [3.05, 3.63) is 26.5 Å². The Bertz CT molecular complexity index is 345. The lowest BCUT2D eigenvalue weighted by atomic mass is 10.3. The van der Waals surface area contributed by atoms with Gasteiger partial charge in [0.25, 0.3) is 0 Å². The van der Waals surface area contributed by atoms with Crippen LogP contribution in [0.2, 0.25) is 0 Å². The molecule has 0 spiro atoms. The van der Waals surface area contributed by atoms with E-state index in [1.54, 1.807) is 0 Å². The first-order chi connectivity index (χ1) is 5.15. The molecule has 0 atom stereocenters. The van der Waals surface area contributed by atoms with Gasteiger partial charge in [-0.25, -0.2) is 0 Å². The number of H-pyrrole nitrogens is 1. The maximum atomic E-state index is 10.9. The molecule has 0 bridgehead atoms. The number of aromatic amines is 1. The van der Waals surface area contributed by atoms with E-state index >= 15 is 0 Å². The van der Waals surface area contributed by atoms with Gasteiger partial charge in [0.2, 0.25) is 0 Å². The Morgan fingerprint density at radius 3 is 2.73 bits per heavy atom. The summed E-state index contributed by atoms with van der Waals surface area (Å²) >= 11 is 2.99. The van der Waals surface area contributed by atoms with E-state index in [1.165, 1.54) is 0 Å². The first-order valence-electron chi connectivity index (χ1n) is 2.78. The molecule has 1 heterocycles. The predicted molar refractivity (Wildman–Crippen MR) is 44.6 cm³/mol. The summed E-state index contributed by atoms with van der Waals surface area (Å²) in [4.78, 5) is 23.8. The SMILES string of the molecule is Nc1cc(=O)c(C=O)c(Br)[nH]1. The molecule has 11 heavy (non-hydrogen) atoms. The number of hydrogen-bond donors (Lipinski definition) is 2. The number of pyridine rings is 1. The Labute approximate surface area is 70.5 Å². The molecule has 1 aromatic rings. The topological polar surface area (TPSA) is 76.0 Å². The van der Waals surface area contributed by atoms with Crippen molar-refractivity contribution in [2.75, 3.05) is 5.73 Å². The molecule has 3 N–H and O–H groups in total. The van der Waals surface area contributed by atoms with Crippen LogP contribution < -0.4 is 11.2 Å². The van der Waals surface area contributed by atoms with Gasteiger partial charge in [-0.3, -0.25) is 9.59 Å². The van der Waals surface area contributed by atoms with Crippen LogP contribution in [0.3, 0.4) is 0 Å². The van der Waals surface area contributed by atoms with E-state index in [0.29, 0.717) is 10.9 Å². The summed E-state index contributed by atoms with van der Waals surface area (Å²) in [6, 6.07) is 1.16. The summed E-state index contributed by atoms with van der Waals surface area (Å²) in [5.74, 6) is 0.229. The number of nitrogens with two attached hydrogens (primary N) is 1. The highest BCUT2D eigenvalue weighted by atomic mass is 79.9. The molecule has 0 fully saturated rings. The van der Waals surface area contributed by atoms with Gasteiger partial charge in [-0.15, -0.1) is 0 Å². The molecule has 58 valence electrons. The molecule has 0 aliphatic rings. The molecule has 0 radical (unpaired) electrons. The Balaban J connectivity index is 3.49. The number of carbonyl (C=O) groups excluding carboxylic acids is 1. The lowest BCUT2D eigenvalue weighted by molar-refractivity contribution is 0.112. The van der Waals surface area contributed by atoms with Crippen LogP contribution in [-0.4, -0.2) is 11.3 Å². The molecule has 0 aromatic carbocycles. The van der Waals surface area contributed by atoms with Crippen molar-refractivity contribution in [2.24, 2.45) is 0 Å². The summed E-state index contributed by atoms with van der Waals surface area (Å²) in [6.07, 6.45) is 0.475. The Morgan fingerprint density at radius 1 is 1.64 bits per heavy atom. The Kier molecular flexibility index (Phi) is 2.09. The zero-order valence-corrected chi connectivity index (χ0v) is 7.01. The monoisotopic (exact) mass is 216 g/mol. The van der Waals surface area contributed by atoms with Gasteiger partial charge in [-0.2, -0.15) is 0 Å². The fourth-order valence-corrected chi connectivity index (χ4v) is 1.18.